The molecule has 1 N–H and O–H groups in total. The van der Waals surface area contributed by atoms with Gasteiger partial charge in [0.05, 0.1) is 5.92 Å². The third-order valence-electron chi connectivity index (χ3n) is 5.05. The van der Waals surface area contributed by atoms with E-state index in [0.717, 1.165) is 36.4 Å². The number of nitrogens with zero attached hydrogens (tertiary/aromatic N) is 3. The van der Waals surface area contributed by atoms with Gasteiger partial charge < -0.3 is 10.2 Å². The molecule has 1 fully saturated rings. The van der Waals surface area contributed by atoms with Gasteiger partial charge >= 0.3 is 0 Å². The molecule has 1 aliphatic carbocycles. The first-order chi connectivity index (χ1) is 12.6. The molecule has 1 aromatic heterocycles. The number of rotatable bonds is 5. The number of anilines is 2. The number of carbonyl (C=O) groups is 2. The molecule has 0 bridgehead atoms. The average molecular weight is 370 g/mol. The molecule has 136 valence electrons. The van der Waals surface area contributed by atoms with Crippen LogP contribution in [0.4, 0.5) is 10.8 Å². The van der Waals surface area contributed by atoms with Gasteiger partial charge in [0, 0.05) is 25.1 Å². The van der Waals surface area contributed by atoms with Gasteiger partial charge in [-0.3, -0.25) is 9.59 Å². The lowest BCUT2D eigenvalue weighted by Crippen LogP contribution is -2.28. The summed E-state index contributed by atoms with van der Waals surface area (Å²) in [4.78, 5) is 26.7. The first-order valence-electron chi connectivity index (χ1n) is 9.19. The van der Waals surface area contributed by atoms with Crippen LogP contribution in [-0.4, -0.2) is 28.6 Å². The van der Waals surface area contributed by atoms with Crippen LogP contribution >= 0.6 is 11.3 Å². The maximum absolute atomic E-state index is 12.5. The van der Waals surface area contributed by atoms with Gasteiger partial charge in [0.15, 0.2) is 0 Å². The van der Waals surface area contributed by atoms with Crippen LogP contribution < -0.4 is 10.2 Å². The van der Waals surface area contributed by atoms with Gasteiger partial charge in [0.1, 0.15) is 5.01 Å². The minimum atomic E-state index is -0.353. The van der Waals surface area contributed by atoms with E-state index in [4.69, 9.17) is 0 Å². The number of aromatic nitrogens is 2. The zero-order valence-corrected chi connectivity index (χ0v) is 15.6. The Morgan fingerprint density at radius 1 is 1.31 bits per heavy atom. The summed E-state index contributed by atoms with van der Waals surface area (Å²) in [6, 6.07) is 6.24. The molecular weight excluding hydrogens is 348 g/mol. The summed E-state index contributed by atoms with van der Waals surface area (Å²) in [5, 5.41) is 12.4. The molecule has 2 heterocycles. The highest BCUT2D eigenvalue weighted by atomic mass is 32.1. The van der Waals surface area contributed by atoms with E-state index in [-0.39, 0.29) is 24.2 Å². The van der Waals surface area contributed by atoms with E-state index in [9.17, 15) is 9.59 Å². The molecule has 1 saturated heterocycles. The van der Waals surface area contributed by atoms with Crippen molar-refractivity contribution in [3.8, 4) is 0 Å². The number of nitrogens with one attached hydrogen (secondary N) is 1. The molecule has 1 atom stereocenters. The van der Waals surface area contributed by atoms with Crippen LogP contribution in [-0.2, 0) is 28.9 Å². The molecule has 6 nitrogen and oxygen atoms in total. The summed E-state index contributed by atoms with van der Waals surface area (Å²) in [7, 11) is 0. The third-order valence-corrected chi connectivity index (χ3v) is 5.95. The molecule has 1 aromatic carbocycles. The van der Waals surface area contributed by atoms with E-state index >= 15 is 0 Å². The summed E-state index contributed by atoms with van der Waals surface area (Å²) in [5.41, 5.74) is 3.63. The second kappa shape index (κ2) is 7.15. The summed E-state index contributed by atoms with van der Waals surface area (Å²) in [5.74, 6) is -0.498. The monoisotopic (exact) mass is 370 g/mol. The second-order valence-electron chi connectivity index (χ2n) is 6.95. The van der Waals surface area contributed by atoms with E-state index in [1.165, 1.54) is 28.9 Å². The summed E-state index contributed by atoms with van der Waals surface area (Å²) < 4.78 is 0. The van der Waals surface area contributed by atoms with Crippen LogP contribution in [0.15, 0.2) is 18.2 Å². The topological polar surface area (TPSA) is 75.2 Å². The van der Waals surface area contributed by atoms with Crippen molar-refractivity contribution in [1.29, 1.82) is 0 Å². The normalized spacial score (nSPS) is 19.0. The lowest BCUT2D eigenvalue weighted by molar-refractivity contribution is -0.122. The van der Waals surface area contributed by atoms with Crippen molar-refractivity contribution in [1.82, 2.24) is 10.2 Å². The molecule has 1 unspecified atom stereocenters. The zero-order valence-electron chi connectivity index (χ0n) is 14.8. The number of benzene rings is 1. The van der Waals surface area contributed by atoms with Gasteiger partial charge in [0.2, 0.25) is 16.9 Å². The second-order valence-corrected chi connectivity index (χ2v) is 8.01. The Balaban J connectivity index is 1.42. The molecule has 0 radical (unpaired) electrons. The highest BCUT2D eigenvalue weighted by Gasteiger charge is 2.35. The Labute approximate surface area is 156 Å². The van der Waals surface area contributed by atoms with Gasteiger partial charge in [-0.15, -0.1) is 10.2 Å². The van der Waals surface area contributed by atoms with Crippen LogP contribution in [0.3, 0.4) is 0 Å². The van der Waals surface area contributed by atoms with E-state index in [1.54, 1.807) is 4.90 Å². The van der Waals surface area contributed by atoms with Crippen molar-refractivity contribution in [2.45, 2.75) is 45.4 Å². The number of aryl methyl sites for hydroxylation is 3. The Bertz CT molecular complexity index is 848. The molecule has 2 aromatic rings. The highest BCUT2D eigenvalue weighted by molar-refractivity contribution is 7.15. The van der Waals surface area contributed by atoms with Crippen LogP contribution in [0.1, 0.15) is 42.3 Å². The molecule has 2 amide bonds. The van der Waals surface area contributed by atoms with E-state index in [2.05, 4.69) is 34.6 Å². The smallest absolute Gasteiger partial charge is 0.231 e. The molecule has 4 rings (SSSR count). The van der Waals surface area contributed by atoms with Crippen LogP contribution in [0.25, 0.3) is 0 Å². The highest BCUT2D eigenvalue weighted by Crippen LogP contribution is 2.31. The average Bonchev–Trinajstić information content (AvgIpc) is 3.34. The largest absolute Gasteiger partial charge is 0.312 e. The minimum absolute atomic E-state index is 0.00651. The van der Waals surface area contributed by atoms with Crippen molar-refractivity contribution < 1.29 is 9.59 Å². The van der Waals surface area contributed by atoms with E-state index in [1.807, 2.05) is 6.07 Å². The summed E-state index contributed by atoms with van der Waals surface area (Å²) >= 11 is 1.40. The molecule has 1 aliphatic heterocycles. The Hall–Kier alpha value is -2.28. The molecule has 0 spiro atoms. The first kappa shape index (κ1) is 17.1. The summed E-state index contributed by atoms with van der Waals surface area (Å²) in [6.45, 7) is 2.50. The first-order valence-corrected chi connectivity index (χ1v) is 10.0. The standard InChI is InChI=1S/C19H22N4O2S/c1-2-4-16-21-22-19(26-16)20-18(25)14-10-17(24)23(11-14)15-8-7-12-5-3-6-13(12)9-15/h7-9,14H,2-6,10-11H2,1H3,(H,20,22,25). The Morgan fingerprint density at radius 3 is 3.00 bits per heavy atom. The third kappa shape index (κ3) is 3.35. The number of hydrogen-bond acceptors (Lipinski definition) is 5. The Morgan fingerprint density at radius 2 is 2.15 bits per heavy atom. The SMILES string of the molecule is CCCc1nnc(NC(=O)C2CC(=O)N(c3ccc4c(c3)CCC4)C2)s1. The maximum atomic E-state index is 12.5. The molecule has 2 aliphatic rings. The zero-order chi connectivity index (χ0) is 18.1. The van der Waals surface area contributed by atoms with Crippen molar-refractivity contribution in [3.63, 3.8) is 0 Å². The van der Waals surface area contributed by atoms with Gasteiger partial charge in [-0.05, 0) is 48.9 Å². The van der Waals surface area contributed by atoms with Crippen molar-refractivity contribution >= 4 is 34.0 Å². The minimum Gasteiger partial charge on any atom is -0.312 e. The number of fused-ring (bicyclic) bond motifs is 1. The summed E-state index contributed by atoms with van der Waals surface area (Å²) in [6.07, 6.45) is 5.48. The van der Waals surface area contributed by atoms with Crippen LogP contribution in [0, 0.1) is 5.92 Å². The number of hydrogen-bond donors (Lipinski definition) is 1. The fraction of sp³-hybridized carbons (Fsp3) is 0.474. The lowest BCUT2D eigenvalue weighted by atomic mass is 10.1. The molecule has 0 saturated carbocycles. The predicted molar refractivity (Wildman–Crippen MR) is 101 cm³/mol. The quantitative estimate of drug-likeness (QED) is 0.878. The number of amides is 2. The van der Waals surface area contributed by atoms with Crippen LogP contribution in [0.2, 0.25) is 0 Å². The van der Waals surface area contributed by atoms with Crippen molar-refractivity contribution in [2.75, 3.05) is 16.8 Å². The Kier molecular flexibility index (Phi) is 4.72. The molecule has 7 heteroatoms. The maximum Gasteiger partial charge on any atom is 0.231 e. The lowest BCUT2D eigenvalue weighted by Gasteiger charge is -2.17. The van der Waals surface area contributed by atoms with E-state index in [0.29, 0.717) is 11.7 Å². The van der Waals surface area contributed by atoms with Gasteiger partial charge in [-0.2, -0.15) is 0 Å². The predicted octanol–water partition coefficient (Wildman–Crippen LogP) is 2.97. The van der Waals surface area contributed by atoms with Gasteiger partial charge in [-0.1, -0.05) is 24.3 Å². The van der Waals surface area contributed by atoms with Crippen LogP contribution in [0.5, 0.6) is 0 Å². The number of carbonyl (C=O) groups excluding carboxylic acids is 2. The van der Waals surface area contributed by atoms with E-state index < -0.39 is 0 Å². The van der Waals surface area contributed by atoms with Gasteiger partial charge in [-0.25, -0.2) is 0 Å². The van der Waals surface area contributed by atoms with Crippen molar-refractivity contribution in [2.24, 2.45) is 5.92 Å². The van der Waals surface area contributed by atoms with Crippen molar-refractivity contribution in [3.05, 3.63) is 34.3 Å². The fourth-order valence-electron chi connectivity index (χ4n) is 3.69. The molecule has 26 heavy (non-hydrogen) atoms. The fourth-order valence-corrected chi connectivity index (χ4v) is 4.53. The molecular formula is C19H22N4O2S. The van der Waals surface area contributed by atoms with Gasteiger partial charge in [0.25, 0.3) is 0 Å².